The maximum Gasteiger partial charge on any atom is 0.435 e. The van der Waals surface area contributed by atoms with Gasteiger partial charge in [0.2, 0.25) is 10.0 Å². The lowest BCUT2D eigenvalue weighted by Gasteiger charge is -2.15. The molecule has 1 aliphatic rings. The second-order valence-electron chi connectivity index (χ2n) is 6.04. The van der Waals surface area contributed by atoms with Crippen LogP contribution in [0.5, 0.6) is 0 Å². The maximum absolute atomic E-state index is 13.6. The fourth-order valence-corrected chi connectivity index (χ4v) is 4.05. The minimum absolute atomic E-state index is 0.0111. The summed E-state index contributed by atoms with van der Waals surface area (Å²) in [6.45, 7) is -0.143. The molecular formula is C16H17F4N3O3S. The SMILES string of the molecule is O=S(=O)(Cc1ccccc1F)NCCn1nc(C(F)(F)F)c2c1CCOC2. The second-order valence-corrected chi connectivity index (χ2v) is 7.85. The van der Waals surface area contributed by atoms with Crippen LogP contribution in [0, 0.1) is 5.82 Å². The molecule has 1 aliphatic heterocycles. The molecule has 0 saturated heterocycles. The van der Waals surface area contributed by atoms with E-state index in [4.69, 9.17) is 4.74 Å². The molecule has 0 bridgehead atoms. The summed E-state index contributed by atoms with van der Waals surface area (Å²) >= 11 is 0. The lowest BCUT2D eigenvalue weighted by molar-refractivity contribution is -0.142. The second kappa shape index (κ2) is 7.56. The molecule has 6 nitrogen and oxygen atoms in total. The van der Waals surface area contributed by atoms with Crippen LogP contribution < -0.4 is 4.72 Å². The number of halogens is 4. The number of aromatic nitrogens is 2. The van der Waals surface area contributed by atoms with E-state index in [0.29, 0.717) is 5.69 Å². The van der Waals surface area contributed by atoms with Gasteiger partial charge in [0, 0.05) is 29.8 Å². The van der Waals surface area contributed by atoms with Crippen LogP contribution in [0.2, 0.25) is 0 Å². The Morgan fingerprint density at radius 2 is 2.00 bits per heavy atom. The zero-order valence-electron chi connectivity index (χ0n) is 14.1. The lowest BCUT2D eigenvalue weighted by atomic mass is 10.1. The van der Waals surface area contributed by atoms with Crippen molar-refractivity contribution in [2.45, 2.75) is 31.5 Å². The fourth-order valence-electron chi connectivity index (χ4n) is 2.90. The highest BCUT2D eigenvalue weighted by atomic mass is 32.2. The molecular weight excluding hydrogens is 390 g/mol. The van der Waals surface area contributed by atoms with E-state index in [-0.39, 0.29) is 43.9 Å². The quantitative estimate of drug-likeness (QED) is 0.746. The van der Waals surface area contributed by atoms with E-state index in [2.05, 4.69) is 9.82 Å². The van der Waals surface area contributed by atoms with Gasteiger partial charge in [-0.15, -0.1) is 0 Å². The monoisotopic (exact) mass is 407 g/mol. The van der Waals surface area contributed by atoms with Gasteiger partial charge in [-0.1, -0.05) is 18.2 Å². The van der Waals surface area contributed by atoms with Crippen LogP contribution in [0.4, 0.5) is 17.6 Å². The standard InChI is InChI=1S/C16H17F4N3O3S/c17-13-4-2-1-3-11(13)10-27(24,25)21-6-7-23-14-5-8-26-9-12(14)15(22-23)16(18,19)20/h1-4,21H,5-10H2. The topological polar surface area (TPSA) is 73.2 Å². The Morgan fingerprint density at radius 1 is 1.26 bits per heavy atom. The van der Waals surface area contributed by atoms with Crippen LogP contribution in [0.25, 0.3) is 0 Å². The first-order valence-corrected chi connectivity index (χ1v) is 9.77. The van der Waals surface area contributed by atoms with E-state index >= 15 is 0 Å². The summed E-state index contributed by atoms with van der Waals surface area (Å²) in [5.41, 5.74) is -0.616. The van der Waals surface area contributed by atoms with Crippen LogP contribution in [0.15, 0.2) is 24.3 Å². The van der Waals surface area contributed by atoms with Crippen molar-refractivity contribution in [2.24, 2.45) is 0 Å². The first-order chi connectivity index (χ1) is 12.7. The number of nitrogens with one attached hydrogen (secondary N) is 1. The molecule has 0 fully saturated rings. The van der Waals surface area contributed by atoms with Gasteiger partial charge in [0.15, 0.2) is 5.69 Å². The third kappa shape index (κ3) is 4.66. The number of alkyl halides is 3. The molecule has 0 spiro atoms. The molecule has 148 valence electrons. The van der Waals surface area contributed by atoms with E-state index in [1.54, 1.807) is 0 Å². The predicted molar refractivity (Wildman–Crippen MR) is 87.6 cm³/mol. The van der Waals surface area contributed by atoms with Gasteiger partial charge >= 0.3 is 6.18 Å². The Kier molecular flexibility index (Phi) is 5.54. The van der Waals surface area contributed by atoms with Crippen molar-refractivity contribution >= 4 is 10.0 Å². The molecule has 27 heavy (non-hydrogen) atoms. The molecule has 2 aromatic rings. The highest BCUT2D eigenvalue weighted by molar-refractivity contribution is 7.88. The number of hydrogen-bond donors (Lipinski definition) is 1. The van der Waals surface area contributed by atoms with Crippen LogP contribution in [0.1, 0.15) is 22.5 Å². The van der Waals surface area contributed by atoms with Gasteiger partial charge in [0.1, 0.15) is 5.82 Å². The number of rotatable bonds is 6. The van der Waals surface area contributed by atoms with E-state index in [1.807, 2.05) is 0 Å². The minimum atomic E-state index is -4.61. The van der Waals surface area contributed by atoms with Crippen molar-refractivity contribution in [3.8, 4) is 0 Å². The van der Waals surface area contributed by atoms with Crippen molar-refractivity contribution in [3.63, 3.8) is 0 Å². The van der Waals surface area contributed by atoms with Crippen LogP contribution in [0.3, 0.4) is 0 Å². The molecule has 0 amide bonds. The van der Waals surface area contributed by atoms with Crippen LogP contribution in [-0.4, -0.2) is 31.3 Å². The fraction of sp³-hybridized carbons (Fsp3) is 0.438. The molecule has 0 saturated carbocycles. The zero-order valence-corrected chi connectivity index (χ0v) is 14.9. The van der Waals surface area contributed by atoms with E-state index < -0.39 is 33.5 Å². The van der Waals surface area contributed by atoms with E-state index in [9.17, 15) is 26.0 Å². The molecule has 0 unspecified atom stereocenters. The number of benzene rings is 1. The van der Waals surface area contributed by atoms with Crippen LogP contribution in [-0.2, 0) is 46.3 Å². The Balaban J connectivity index is 1.68. The molecule has 0 radical (unpaired) electrons. The van der Waals surface area contributed by atoms with Gasteiger partial charge < -0.3 is 4.74 Å². The van der Waals surface area contributed by atoms with Gasteiger partial charge in [-0.2, -0.15) is 18.3 Å². The number of sulfonamides is 1. The zero-order chi connectivity index (χ0) is 19.7. The predicted octanol–water partition coefficient (Wildman–Crippen LogP) is 2.23. The smallest absolute Gasteiger partial charge is 0.376 e. The average molecular weight is 407 g/mol. The third-order valence-corrected chi connectivity index (χ3v) is 5.45. The van der Waals surface area contributed by atoms with Crippen molar-refractivity contribution in [2.75, 3.05) is 13.2 Å². The van der Waals surface area contributed by atoms with E-state index in [0.717, 1.165) is 10.7 Å². The number of hydrogen-bond acceptors (Lipinski definition) is 4. The largest absolute Gasteiger partial charge is 0.435 e. The Morgan fingerprint density at radius 3 is 2.70 bits per heavy atom. The van der Waals surface area contributed by atoms with Crippen molar-refractivity contribution in [1.29, 1.82) is 0 Å². The summed E-state index contributed by atoms with van der Waals surface area (Å²) in [5.74, 6) is -1.20. The van der Waals surface area contributed by atoms with Gasteiger partial charge in [-0.25, -0.2) is 17.5 Å². The Bertz CT molecular complexity index is 925. The molecule has 11 heteroatoms. The maximum atomic E-state index is 13.6. The Hall–Kier alpha value is -1.98. The van der Waals surface area contributed by atoms with Crippen molar-refractivity contribution < 1.29 is 30.7 Å². The van der Waals surface area contributed by atoms with E-state index in [1.165, 1.54) is 18.2 Å². The molecule has 3 rings (SSSR count). The Labute approximate surface area is 153 Å². The van der Waals surface area contributed by atoms with Crippen molar-refractivity contribution in [3.05, 3.63) is 52.6 Å². The molecule has 2 heterocycles. The van der Waals surface area contributed by atoms with Gasteiger partial charge in [-0.3, -0.25) is 4.68 Å². The van der Waals surface area contributed by atoms with Crippen molar-refractivity contribution in [1.82, 2.24) is 14.5 Å². The summed E-state index contributed by atoms with van der Waals surface area (Å²) in [6, 6.07) is 5.47. The van der Waals surface area contributed by atoms with Gasteiger partial charge in [0.25, 0.3) is 0 Å². The number of fused-ring (bicyclic) bond motifs is 1. The normalized spacial score (nSPS) is 15.0. The first kappa shape index (κ1) is 19.8. The van der Waals surface area contributed by atoms with Gasteiger partial charge in [0.05, 0.1) is 25.5 Å². The summed E-state index contributed by atoms with van der Waals surface area (Å²) < 4.78 is 85.6. The molecule has 1 aromatic heterocycles. The summed E-state index contributed by atoms with van der Waals surface area (Å²) in [5, 5.41) is 3.60. The summed E-state index contributed by atoms with van der Waals surface area (Å²) in [4.78, 5) is 0. The van der Waals surface area contributed by atoms with Gasteiger partial charge in [-0.05, 0) is 6.07 Å². The molecule has 0 aliphatic carbocycles. The average Bonchev–Trinajstić information content (AvgIpc) is 2.96. The highest BCUT2D eigenvalue weighted by Gasteiger charge is 2.39. The molecule has 1 N–H and O–H groups in total. The summed E-state index contributed by atoms with van der Waals surface area (Å²) in [6.07, 6.45) is -4.35. The van der Waals surface area contributed by atoms with Crippen LogP contribution >= 0.6 is 0 Å². The number of ether oxygens (including phenoxy) is 1. The first-order valence-electron chi connectivity index (χ1n) is 8.11. The minimum Gasteiger partial charge on any atom is -0.376 e. The molecule has 0 atom stereocenters. The third-order valence-electron chi connectivity index (χ3n) is 4.11. The summed E-state index contributed by atoms with van der Waals surface area (Å²) in [7, 11) is -3.85. The molecule has 1 aromatic carbocycles. The lowest BCUT2D eigenvalue weighted by Crippen LogP contribution is -2.29. The number of nitrogens with zero attached hydrogens (tertiary/aromatic N) is 2. The highest BCUT2D eigenvalue weighted by Crippen LogP contribution is 2.34.